The molecular formula is C21H25ClN2O2S2. The van der Waals surface area contributed by atoms with Gasteiger partial charge in [0, 0.05) is 52.6 Å². The number of carbonyl (C=O) groups is 1. The van der Waals surface area contributed by atoms with Crippen LogP contribution < -0.4 is 4.90 Å². The van der Waals surface area contributed by atoms with E-state index >= 15 is 0 Å². The second-order valence-electron chi connectivity index (χ2n) is 7.64. The van der Waals surface area contributed by atoms with Crippen LogP contribution in [0.2, 0.25) is 5.02 Å². The van der Waals surface area contributed by atoms with Crippen molar-refractivity contribution in [2.24, 2.45) is 5.92 Å². The molecule has 150 valence electrons. The first-order chi connectivity index (χ1) is 13.4. The molecule has 1 amide bonds. The molecule has 1 atom stereocenters. The fraction of sp³-hybridized carbons (Fsp3) is 0.429. The molecule has 4 nitrogen and oxygen atoms in total. The molecular weight excluding hydrogens is 412 g/mol. The fourth-order valence-corrected chi connectivity index (χ4v) is 6.77. The molecule has 2 aliphatic rings. The van der Waals surface area contributed by atoms with Gasteiger partial charge in [0.15, 0.2) is 0 Å². The van der Waals surface area contributed by atoms with Crippen LogP contribution >= 0.6 is 22.9 Å². The number of amides is 1. The maximum absolute atomic E-state index is 13.3. The second kappa shape index (κ2) is 8.09. The first-order valence-electron chi connectivity index (χ1n) is 9.60. The number of thiophene rings is 1. The predicted octanol–water partition coefficient (Wildman–Crippen LogP) is 3.92. The van der Waals surface area contributed by atoms with Gasteiger partial charge in [-0.05, 0) is 57.9 Å². The van der Waals surface area contributed by atoms with Gasteiger partial charge in [-0.3, -0.25) is 9.00 Å². The van der Waals surface area contributed by atoms with E-state index in [4.69, 9.17) is 11.6 Å². The normalized spacial score (nSPS) is 28.3. The summed E-state index contributed by atoms with van der Waals surface area (Å²) in [5.41, 5.74) is 1.09. The zero-order chi connectivity index (χ0) is 19.7. The summed E-state index contributed by atoms with van der Waals surface area (Å²) in [6.07, 6.45) is 1.37. The maximum atomic E-state index is 13.3. The van der Waals surface area contributed by atoms with Crippen LogP contribution in [0.15, 0.2) is 41.8 Å². The molecule has 2 fully saturated rings. The average Bonchev–Trinajstić information content (AvgIpc) is 3.22. The molecule has 0 N–H and O–H groups in total. The van der Waals surface area contributed by atoms with E-state index in [1.807, 2.05) is 29.2 Å². The van der Waals surface area contributed by atoms with Crippen LogP contribution in [0.25, 0.3) is 0 Å². The van der Waals surface area contributed by atoms with E-state index in [9.17, 15) is 9.00 Å². The van der Waals surface area contributed by atoms with E-state index in [-0.39, 0.29) is 17.9 Å². The summed E-state index contributed by atoms with van der Waals surface area (Å²) in [5.74, 6) is 5.14. The summed E-state index contributed by atoms with van der Waals surface area (Å²) < 4.78 is 12.2. The van der Waals surface area contributed by atoms with Crippen LogP contribution in [-0.2, 0) is 14.3 Å². The van der Waals surface area contributed by atoms with Gasteiger partial charge in [0.25, 0.3) is 0 Å². The Morgan fingerprint density at radius 2 is 1.96 bits per heavy atom. The van der Waals surface area contributed by atoms with Crippen molar-refractivity contribution < 1.29 is 9.00 Å². The van der Waals surface area contributed by atoms with E-state index in [0.717, 1.165) is 23.8 Å². The zero-order valence-corrected chi connectivity index (χ0v) is 18.1. The Labute approximate surface area is 176 Å². The Bertz CT molecular complexity index is 929. The molecule has 1 aromatic heterocycles. The number of anilines is 1. The molecule has 0 aliphatic carbocycles. The topological polar surface area (TPSA) is 40.6 Å². The highest BCUT2D eigenvalue weighted by Crippen LogP contribution is 2.34. The number of hydrogen-bond donors (Lipinski definition) is 0. The third kappa shape index (κ3) is 4.24. The van der Waals surface area contributed by atoms with Gasteiger partial charge >= 0.3 is 0 Å². The second-order valence-corrected chi connectivity index (χ2v) is 11.8. The molecule has 0 radical (unpaired) electrons. The van der Waals surface area contributed by atoms with Gasteiger partial charge < -0.3 is 9.80 Å². The summed E-state index contributed by atoms with van der Waals surface area (Å²) >= 11 is 7.88. The Kier molecular flexibility index (Phi) is 5.72. The molecule has 28 heavy (non-hydrogen) atoms. The highest BCUT2D eigenvalue weighted by molar-refractivity contribution is 8.00. The van der Waals surface area contributed by atoms with Crippen molar-refractivity contribution in [3.8, 4) is 0 Å². The van der Waals surface area contributed by atoms with Crippen molar-refractivity contribution >= 4 is 49.9 Å². The van der Waals surface area contributed by atoms with Gasteiger partial charge in [0.05, 0.1) is 6.04 Å². The summed E-state index contributed by atoms with van der Waals surface area (Å²) in [4.78, 5) is 18.9. The van der Waals surface area contributed by atoms with Crippen LogP contribution in [-0.4, -0.2) is 52.0 Å². The summed E-state index contributed by atoms with van der Waals surface area (Å²) in [6.45, 7) is 2.22. The van der Waals surface area contributed by atoms with Crippen molar-refractivity contribution in [1.82, 2.24) is 4.90 Å². The lowest BCUT2D eigenvalue weighted by Crippen LogP contribution is -2.52. The maximum Gasteiger partial charge on any atom is 0.226 e. The lowest BCUT2D eigenvalue weighted by molar-refractivity contribution is -0.138. The number of carbonyl (C=O) groups excluding carboxylic acids is 1. The minimum atomic E-state index is -1.97. The lowest BCUT2D eigenvalue weighted by Gasteiger charge is -2.44. The van der Waals surface area contributed by atoms with Crippen molar-refractivity contribution in [2.75, 3.05) is 36.0 Å². The minimum Gasteiger partial charge on any atom is -0.367 e. The van der Waals surface area contributed by atoms with Crippen molar-refractivity contribution in [3.63, 3.8) is 0 Å². The Hall–Kier alpha value is -1.50. The molecule has 0 bridgehead atoms. The lowest BCUT2D eigenvalue weighted by atomic mass is 9.98. The van der Waals surface area contributed by atoms with Gasteiger partial charge in [-0.15, -0.1) is 11.3 Å². The summed E-state index contributed by atoms with van der Waals surface area (Å²) in [5, 5.41) is 2.79. The highest BCUT2D eigenvalue weighted by atomic mass is 35.5. The number of piperazine rings is 1. The third-order valence-electron chi connectivity index (χ3n) is 5.73. The Balaban J connectivity index is 1.55. The van der Waals surface area contributed by atoms with Crippen LogP contribution in [0.5, 0.6) is 0 Å². The van der Waals surface area contributed by atoms with Crippen molar-refractivity contribution in [3.05, 3.63) is 51.7 Å². The monoisotopic (exact) mass is 436 g/mol. The van der Waals surface area contributed by atoms with Crippen LogP contribution in [0, 0.1) is 5.92 Å². The fourth-order valence-electron chi connectivity index (χ4n) is 4.12. The van der Waals surface area contributed by atoms with Crippen LogP contribution in [0.3, 0.4) is 0 Å². The summed E-state index contributed by atoms with van der Waals surface area (Å²) in [7, 11) is -1.97. The van der Waals surface area contributed by atoms with Crippen LogP contribution in [0.4, 0.5) is 5.69 Å². The number of halogens is 1. The minimum absolute atomic E-state index is 0.0310. The van der Waals surface area contributed by atoms with Crippen molar-refractivity contribution in [1.29, 1.82) is 0 Å². The first-order valence-corrected chi connectivity index (χ1v) is 12.9. The van der Waals surface area contributed by atoms with E-state index in [0.29, 0.717) is 30.9 Å². The summed E-state index contributed by atoms with van der Waals surface area (Å²) in [6, 6.07) is 12.1. The van der Waals surface area contributed by atoms with Gasteiger partial charge in [0.2, 0.25) is 5.91 Å². The van der Waals surface area contributed by atoms with E-state index in [1.165, 1.54) is 4.88 Å². The molecule has 3 heterocycles. The molecule has 2 aromatic rings. The zero-order valence-electron chi connectivity index (χ0n) is 15.8. The molecule has 0 spiro atoms. The standard InChI is InChI=1S/C21H25ClN2O2S2/c1-28(26)12-7-16(8-13-28)21(25)24-10-9-23(18-5-2-4-17(22)14-18)15-19(24)20-6-3-11-27-20/h2-6,11,14,16,19H,1,7-10,12-13,15H2. The molecule has 1 unspecified atom stereocenters. The number of rotatable bonds is 3. The quantitative estimate of drug-likeness (QED) is 0.685. The van der Waals surface area contributed by atoms with Gasteiger partial charge in [-0.1, -0.05) is 23.7 Å². The Morgan fingerprint density at radius 3 is 2.64 bits per heavy atom. The molecule has 4 rings (SSSR count). The average molecular weight is 437 g/mol. The van der Waals surface area contributed by atoms with E-state index in [2.05, 4.69) is 28.3 Å². The molecule has 1 aromatic carbocycles. The predicted molar refractivity (Wildman–Crippen MR) is 120 cm³/mol. The van der Waals surface area contributed by atoms with E-state index < -0.39 is 9.52 Å². The molecule has 0 saturated carbocycles. The number of hydrogen-bond acceptors (Lipinski definition) is 4. The van der Waals surface area contributed by atoms with Gasteiger partial charge in [0.1, 0.15) is 0 Å². The third-order valence-corrected chi connectivity index (χ3v) is 8.90. The molecule has 2 aliphatic heterocycles. The Morgan fingerprint density at radius 1 is 1.18 bits per heavy atom. The SMILES string of the molecule is C=S1(=O)CCC(C(=O)N2CCN(c3cccc(Cl)c3)CC2c2cccs2)CC1. The number of nitrogens with zero attached hydrogens (tertiary/aromatic N) is 2. The largest absolute Gasteiger partial charge is 0.367 e. The highest BCUT2D eigenvalue weighted by Gasteiger charge is 2.37. The molecule has 2 saturated heterocycles. The van der Waals surface area contributed by atoms with Crippen molar-refractivity contribution in [2.45, 2.75) is 18.9 Å². The number of benzene rings is 1. The van der Waals surface area contributed by atoms with Crippen LogP contribution in [0.1, 0.15) is 23.8 Å². The van der Waals surface area contributed by atoms with E-state index in [1.54, 1.807) is 11.3 Å². The molecule has 7 heteroatoms. The first kappa shape index (κ1) is 19.8. The van der Waals surface area contributed by atoms with Gasteiger partial charge in [-0.25, -0.2) is 0 Å². The van der Waals surface area contributed by atoms with Gasteiger partial charge in [-0.2, -0.15) is 0 Å². The smallest absolute Gasteiger partial charge is 0.226 e.